The molecule has 0 fully saturated rings. The lowest BCUT2D eigenvalue weighted by Crippen LogP contribution is -1.89. The number of hydrogen-bond donors (Lipinski definition) is 0. The van der Waals surface area contributed by atoms with E-state index in [2.05, 4.69) is 0 Å². The van der Waals surface area contributed by atoms with Gasteiger partial charge in [-0.3, -0.25) is 0 Å². The first-order valence-electron chi connectivity index (χ1n) is 6.89. The highest BCUT2D eigenvalue weighted by Gasteiger charge is 2.10. The summed E-state index contributed by atoms with van der Waals surface area (Å²) in [6.07, 6.45) is 0. The molecule has 0 saturated carbocycles. The molecule has 3 heteroatoms. The highest BCUT2D eigenvalue weighted by Crippen LogP contribution is 2.29. The van der Waals surface area contributed by atoms with Gasteiger partial charge in [-0.15, -0.1) is 11.6 Å². The molecule has 0 heterocycles. The summed E-state index contributed by atoms with van der Waals surface area (Å²) < 4.78 is 28.1. The summed E-state index contributed by atoms with van der Waals surface area (Å²) in [6, 6.07) is 18.6. The van der Waals surface area contributed by atoms with Crippen LogP contribution in [0.15, 0.2) is 66.7 Å². The second-order valence-corrected chi connectivity index (χ2v) is 5.27. The van der Waals surface area contributed by atoms with Crippen molar-refractivity contribution in [1.29, 1.82) is 0 Å². The fraction of sp³-hybridized carbons (Fsp3) is 0.0526. The van der Waals surface area contributed by atoms with Crippen molar-refractivity contribution in [3.63, 3.8) is 0 Å². The van der Waals surface area contributed by atoms with Gasteiger partial charge < -0.3 is 0 Å². The molecule has 0 aliphatic rings. The van der Waals surface area contributed by atoms with E-state index in [1.165, 1.54) is 12.1 Å². The lowest BCUT2D eigenvalue weighted by Gasteiger charge is -2.08. The van der Waals surface area contributed by atoms with Gasteiger partial charge in [-0.1, -0.05) is 54.6 Å². The molecule has 3 aromatic rings. The average molecular weight is 315 g/mol. The summed E-state index contributed by atoms with van der Waals surface area (Å²) in [5, 5.41) is 0. The highest BCUT2D eigenvalue weighted by molar-refractivity contribution is 6.17. The molecule has 0 bridgehead atoms. The Kier molecular flexibility index (Phi) is 4.21. The summed E-state index contributed by atoms with van der Waals surface area (Å²) in [7, 11) is 0. The molecule has 0 aliphatic carbocycles. The second kappa shape index (κ2) is 6.29. The van der Waals surface area contributed by atoms with E-state index in [9.17, 15) is 8.78 Å². The SMILES string of the molecule is Fc1ccccc1-c1ccc(-c2ccc(CCl)cc2)cc1F. The maximum absolute atomic E-state index is 14.4. The van der Waals surface area contributed by atoms with E-state index in [1.807, 2.05) is 24.3 Å². The summed E-state index contributed by atoms with van der Waals surface area (Å²) in [5.41, 5.74) is 3.18. The van der Waals surface area contributed by atoms with Crippen LogP contribution < -0.4 is 0 Å². The van der Waals surface area contributed by atoms with E-state index in [4.69, 9.17) is 11.6 Å². The quantitative estimate of drug-likeness (QED) is 0.517. The van der Waals surface area contributed by atoms with E-state index in [0.717, 1.165) is 16.7 Å². The number of rotatable bonds is 3. The Labute approximate surface area is 133 Å². The molecule has 22 heavy (non-hydrogen) atoms. The first-order chi connectivity index (χ1) is 10.7. The molecule has 0 N–H and O–H groups in total. The minimum Gasteiger partial charge on any atom is -0.206 e. The Hall–Kier alpha value is -2.19. The smallest absolute Gasteiger partial charge is 0.131 e. The van der Waals surface area contributed by atoms with E-state index in [-0.39, 0.29) is 11.1 Å². The van der Waals surface area contributed by atoms with Crippen LogP contribution >= 0.6 is 11.6 Å². The summed E-state index contributed by atoms with van der Waals surface area (Å²) >= 11 is 5.76. The zero-order valence-corrected chi connectivity index (χ0v) is 12.4. The minimum atomic E-state index is -0.441. The van der Waals surface area contributed by atoms with Gasteiger partial charge in [-0.2, -0.15) is 0 Å². The Morgan fingerprint density at radius 2 is 1.32 bits per heavy atom. The molecule has 0 nitrogen and oxygen atoms in total. The molecule has 0 aliphatic heterocycles. The van der Waals surface area contributed by atoms with Crippen LogP contribution in [0.5, 0.6) is 0 Å². The van der Waals surface area contributed by atoms with E-state index in [0.29, 0.717) is 5.88 Å². The summed E-state index contributed by atoms with van der Waals surface area (Å²) in [6.45, 7) is 0. The van der Waals surface area contributed by atoms with Crippen LogP contribution in [0, 0.1) is 11.6 Å². The first-order valence-corrected chi connectivity index (χ1v) is 7.42. The van der Waals surface area contributed by atoms with Crippen molar-refractivity contribution in [2.45, 2.75) is 5.88 Å². The van der Waals surface area contributed by atoms with Gasteiger partial charge in [0.2, 0.25) is 0 Å². The van der Waals surface area contributed by atoms with E-state index < -0.39 is 11.6 Å². The van der Waals surface area contributed by atoms with E-state index in [1.54, 1.807) is 30.3 Å². The van der Waals surface area contributed by atoms with Gasteiger partial charge in [-0.05, 0) is 28.8 Å². The van der Waals surface area contributed by atoms with Gasteiger partial charge in [0.05, 0.1) is 0 Å². The Morgan fingerprint density at radius 3 is 1.95 bits per heavy atom. The standard InChI is InChI=1S/C19H13ClF2/c20-12-13-5-7-14(8-6-13)15-9-10-17(19(22)11-15)16-3-1-2-4-18(16)21/h1-11H,12H2. The van der Waals surface area contributed by atoms with Crippen LogP contribution in [0.3, 0.4) is 0 Å². The van der Waals surface area contributed by atoms with Crippen molar-refractivity contribution in [3.8, 4) is 22.3 Å². The van der Waals surface area contributed by atoms with Crippen LogP contribution in [0.2, 0.25) is 0 Å². The average Bonchev–Trinajstić information content (AvgIpc) is 2.56. The van der Waals surface area contributed by atoms with Crippen LogP contribution in [0.4, 0.5) is 8.78 Å². The maximum atomic E-state index is 14.4. The Morgan fingerprint density at radius 1 is 0.682 bits per heavy atom. The third-order valence-corrected chi connectivity index (χ3v) is 3.88. The molecule has 0 spiro atoms. The topological polar surface area (TPSA) is 0 Å². The molecule has 0 radical (unpaired) electrons. The normalized spacial score (nSPS) is 10.7. The van der Waals surface area contributed by atoms with Crippen molar-refractivity contribution < 1.29 is 8.78 Å². The fourth-order valence-corrected chi connectivity index (χ4v) is 2.56. The zero-order chi connectivity index (χ0) is 15.5. The maximum Gasteiger partial charge on any atom is 0.131 e. The molecule has 3 rings (SSSR count). The van der Waals surface area contributed by atoms with E-state index >= 15 is 0 Å². The Bertz CT molecular complexity index is 795. The number of hydrogen-bond acceptors (Lipinski definition) is 0. The second-order valence-electron chi connectivity index (χ2n) is 5.01. The van der Waals surface area contributed by atoms with Crippen molar-refractivity contribution in [1.82, 2.24) is 0 Å². The molecular weight excluding hydrogens is 302 g/mol. The van der Waals surface area contributed by atoms with Gasteiger partial charge in [-0.25, -0.2) is 8.78 Å². The number of alkyl halides is 1. The molecule has 0 aromatic heterocycles. The van der Waals surface area contributed by atoms with Crippen molar-refractivity contribution >= 4 is 11.6 Å². The van der Waals surface area contributed by atoms with Gasteiger partial charge in [0.25, 0.3) is 0 Å². The van der Waals surface area contributed by atoms with Gasteiger partial charge >= 0.3 is 0 Å². The number of halogens is 3. The molecule has 110 valence electrons. The predicted molar refractivity (Wildman–Crippen MR) is 86.8 cm³/mol. The zero-order valence-electron chi connectivity index (χ0n) is 11.7. The van der Waals surface area contributed by atoms with Crippen molar-refractivity contribution in [2.24, 2.45) is 0 Å². The molecule has 0 saturated heterocycles. The van der Waals surface area contributed by atoms with Gasteiger partial charge in [0, 0.05) is 17.0 Å². The first kappa shape index (κ1) is 14.7. The van der Waals surface area contributed by atoms with Crippen LogP contribution in [-0.2, 0) is 5.88 Å². The molecule has 0 atom stereocenters. The lowest BCUT2D eigenvalue weighted by molar-refractivity contribution is 0.616. The fourth-order valence-electron chi connectivity index (χ4n) is 2.38. The van der Waals surface area contributed by atoms with Crippen LogP contribution in [0.25, 0.3) is 22.3 Å². The van der Waals surface area contributed by atoms with Gasteiger partial charge in [0.1, 0.15) is 11.6 Å². The lowest BCUT2D eigenvalue weighted by atomic mass is 9.99. The minimum absolute atomic E-state index is 0.263. The van der Waals surface area contributed by atoms with Crippen LogP contribution in [0.1, 0.15) is 5.56 Å². The molecule has 0 amide bonds. The van der Waals surface area contributed by atoms with Crippen molar-refractivity contribution in [3.05, 3.63) is 83.9 Å². The molecule has 0 unspecified atom stereocenters. The Balaban J connectivity index is 2.00. The largest absolute Gasteiger partial charge is 0.206 e. The third kappa shape index (κ3) is 2.88. The monoisotopic (exact) mass is 314 g/mol. The van der Waals surface area contributed by atoms with Gasteiger partial charge in [0.15, 0.2) is 0 Å². The van der Waals surface area contributed by atoms with Crippen molar-refractivity contribution in [2.75, 3.05) is 0 Å². The summed E-state index contributed by atoms with van der Waals surface area (Å²) in [5.74, 6) is -0.425. The number of benzene rings is 3. The summed E-state index contributed by atoms with van der Waals surface area (Å²) in [4.78, 5) is 0. The highest BCUT2D eigenvalue weighted by atomic mass is 35.5. The predicted octanol–water partition coefficient (Wildman–Crippen LogP) is 6.04. The van der Waals surface area contributed by atoms with Crippen LogP contribution in [-0.4, -0.2) is 0 Å². The third-order valence-electron chi connectivity index (χ3n) is 3.57. The molecular formula is C19H13ClF2. The molecule has 3 aromatic carbocycles.